The maximum Gasteiger partial charge on any atom is 0.310 e. The molecule has 0 amide bonds. The summed E-state index contributed by atoms with van der Waals surface area (Å²) in [4.78, 5) is 11.7. The molecule has 1 rings (SSSR count). The summed E-state index contributed by atoms with van der Waals surface area (Å²) in [5.41, 5.74) is 0. The van der Waals surface area contributed by atoms with E-state index < -0.39 is 0 Å². The highest BCUT2D eigenvalue weighted by molar-refractivity contribution is 5.73. The molecular formula is C12H23NO2. The van der Waals surface area contributed by atoms with E-state index in [1.807, 2.05) is 6.92 Å². The fourth-order valence-electron chi connectivity index (χ4n) is 2.60. The minimum atomic E-state index is -0.0144. The van der Waals surface area contributed by atoms with Crippen LogP contribution < -0.4 is 5.32 Å². The molecule has 1 heterocycles. The fraction of sp³-hybridized carbons (Fsp3) is 0.917. The zero-order valence-corrected chi connectivity index (χ0v) is 10.1. The van der Waals surface area contributed by atoms with Gasteiger partial charge in [0.1, 0.15) is 0 Å². The quantitative estimate of drug-likeness (QED) is 0.708. The van der Waals surface area contributed by atoms with E-state index in [4.69, 9.17) is 4.74 Å². The van der Waals surface area contributed by atoms with Gasteiger partial charge in [0.15, 0.2) is 0 Å². The maximum atomic E-state index is 11.7. The van der Waals surface area contributed by atoms with Gasteiger partial charge in [0.25, 0.3) is 0 Å². The van der Waals surface area contributed by atoms with Crippen molar-refractivity contribution in [2.45, 2.75) is 33.6 Å². The van der Waals surface area contributed by atoms with E-state index in [0.717, 1.165) is 25.9 Å². The van der Waals surface area contributed by atoms with Crippen LogP contribution in [0.5, 0.6) is 0 Å². The number of carbonyl (C=O) groups is 1. The van der Waals surface area contributed by atoms with Gasteiger partial charge in [0, 0.05) is 6.54 Å². The van der Waals surface area contributed by atoms with Crippen LogP contribution in [-0.2, 0) is 9.53 Å². The summed E-state index contributed by atoms with van der Waals surface area (Å²) < 4.78 is 5.12. The van der Waals surface area contributed by atoms with Crippen LogP contribution in [0.2, 0.25) is 0 Å². The minimum Gasteiger partial charge on any atom is -0.466 e. The van der Waals surface area contributed by atoms with Gasteiger partial charge in [0.05, 0.1) is 12.5 Å². The number of esters is 1. The van der Waals surface area contributed by atoms with Crippen LogP contribution in [0.4, 0.5) is 0 Å². The second kappa shape index (κ2) is 6.11. The van der Waals surface area contributed by atoms with Gasteiger partial charge in [-0.1, -0.05) is 26.7 Å². The van der Waals surface area contributed by atoms with Crippen molar-refractivity contribution in [3.63, 3.8) is 0 Å². The van der Waals surface area contributed by atoms with Crippen molar-refractivity contribution in [2.75, 3.05) is 19.7 Å². The summed E-state index contributed by atoms with van der Waals surface area (Å²) in [5, 5.41) is 3.31. The number of hydrogen-bond donors (Lipinski definition) is 1. The van der Waals surface area contributed by atoms with Crippen molar-refractivity contribution in [3.8, 4) is 0 Å². The van der Waals surface area contributed by atoms with E-state index in [1.54, 1.807) is 0 Å². The third-order valence-corrected chi connectivity index (χ3v) is 3.50. The van der Waals surface area contributed by atoms with Crippen LogP contribution in [0.3, 0.4) is 0 Å². The molecule has 0 aromatic heterocycles. The van der Waals surface area contributed by atoms with E-state index >= 15 is 0 Å². The van der Waals surface area contributed by atoms with Gasteiger partial charge in [-0.25, -0.2) is 0 Å². The Morgan fingerprint density at radius 3 is 2.53 bits per heavy atom. The molecule has 0 spiro atoms. The number of carbonyl (C=O) groups excluding carboxylic acids is 1. The highest BCUT2D eigenvalue weighted by Crippen LogP contribution is 2.30. The lowest BCUT2D eigenvalue weighted by atomic mass is 9.81. The van der Waals surface area contributed by atoms with E-state index in [2.05, 4.69) is 19.2 Å². The predicted molar refractivity (Wildman–Crippen MR) is 60.6 cm³/mol. The molecule has 88 valence electrons. The van der Waals surface area contributed by atoms with Crippen LogP contribution in [0, 0.1) is 17.8 Å². The summed E-state index contributed by atoms with van der Waals surface area (Å²) in [6.45, 7) is 8.52. The monoisotopic (exact) mass is 213 g/mol. The lowest BCUT2D eigenvalue weighted by molar-refractivity contribution is -0.149. The Bertz CT molecular complexity index is 202. The number of nitrogens with one attached hydrogen (secondary N) is 1. The molecule has 3 nitrogen and oxygen atoms in total. The largest absolute Gasteiger partial charge is 0.466 e. The second-order valence-electron chi connectivity index (χ2n) is 4.26. The van der Waals surface area contributed by atoms with Gasteiger partial charge in [-0.3, -0.25) is 4.79 Å². The molecule has 1 aliphatic heterocycles. The average molecular weight is 213 g/mol. The molecule has 0 bridgehead atoms. The van der Waals surface area contributed by atoms with Gasteiger partial charge in [-0.15, -0.1) is 0 Å². The zero-order chi connectivity index (χ0) is 11.3. The molecule has 1 saturated heterocycles. The minimum absolute atomic E-state index is 0.0144. The van der Waals surface area contributed by atoms with Crippen LogP contribution in [-0.4, -0.2) is 25.7 Å². The maximum absolute atomic E-state index is 11.7. The molecule has 15 heavy (non-hydrogen) atoms. The van der Waals surface area contributed by atoms with Crippen LogP contribution >= 0.6 is 0 Å². The highest BCUT2D eigenvalue weighted by atomic mass is 16.5. The lowest BCUT2D eigenvalue weighted by Crippen LogP contribution is -2.29. The number of rotatable bonds is 5. The summed E-state index contributed by atoms with van der Waals surface area (Å²) in [6, 6.07) is 0. The first-order valence-electron chi connectivity index (χ1n) is 6.11. The Kier molecular flexibility index (Phi) is 5.09. The SMILES string of the molecule is CCOC(=O)C1CNCC1C(CC)CC. The van der Waals surface area contributed by atoms with E-state index in [0.29, 0.717) is 18.4 Å². The van der Waals surface area contributed by atoms with E-state index in [9.17, 15) is 4.79 Å². The van der Waals surface area contributed by atoms with E-state index in [-0.39, 0.29) is 11.9 Å². The van der Waals surface area contributed by atoms with Crippen molar-refractivity contribution in [1.82, 2.24) is 5.32 Å². The fourth-order valence-corrected chi connectivity index (χ4v) is 2.60. The first-order valence-corrected chi connectivity index (χ1v) is 6.11. The molecule has 0 radical (unpaired) electrons. The topological polar surface area (TPSA) is 38.3 Å². The third kappa shape index (κ3) is 2.94. The molecule has 0 aliphatic carbocycles. The molecule has 0 saturated carbocycles. The van der Waals surface area contributed by atoms with Crippen LogP contribution in [0.25, 0.3) is 0 Å². The molecule has 2 atom stereocenters. The predicted octanol–water partition coefficient (Wildman–Crippen LogP) is 1.82. The first kappa shape index (κ1) is 12.5. The normalized spacial score (nSPS) is 25.9. The Hall–Kier alpha value is -0.570. The smallest absolute Gasteiger partial charge is 0.310 e. The molecule has 1 N–H and O–H groups in total. The van der Waals surface area contributed by atoms with Gasteiger partial charge in [0.2, 0.25) is 0 Å². The van der Waals surface area contributed by atoms with Crippen molar-refractivity contribution < 1.29 is 9.53 Å². The molecule has 3 heteroatoms. The van der Waals surface area contributed by atoms with Crippen molar-refractivity contribution >= 4 is 5.97 Å². The van der Waals surface area contributed by atoms with Gasteiger partial charge in [-0.2, -0.15) is 0 Å². The Balaban J connectivity index is 2.59. The Morgan fingerprint density at radius 1 is 1.33 bits per heavy atom. The molecule has 0 aromatic rings. The van der Waals surface area contributed by atoms with Gasteiger partial charge >= 0.3 is 5.97 Å². The molecule has 1 aliphatic rings. The van der Waals surface area contributed by atoms with Crippen molar-refractivity contribution in [1.29, 1.82) is 0 Å². The van der Waals surface area contributed by atoms with Crippen molar-refractivity contribution in [3.05, 3.63) is 0 Å². The summed E-state index contributed by atoms with van der Waals surface area (Å²) in [6.07, 6.45) is 2.30. The number of ether oxygens (including phenoxy) is 1. The zero-order valence-electron chi connectivity index (χ0n) is 10.1. The second-order valence-corrected chi connectivity index (χ2v) is 4.26. The molecule has 1 fully saturated rings. The third-order valence-electron chi connectivity index (χ3n) is 3.50. The standard InChI is InChI=1S/C12H23NO2/c1-4-9(5-2)10-7-13-8-11(10)12(14)15-6-3/h9-11,13H,4-8H2,1-3H3. The summed E-state index contributed by atoms with van der Waals surface area (Å²) in [7, 11) is 0. The summed E-state index contributed by atoms with van der Waals surface area (Å²) >= 11 is 0. The van der Waals surface area contributed by atoms with E-state index in [1.165, 1.54) is 0 Å². The van der Waals surface area contributed by atoms with Gasteiger partial charge in [-0.05, 0) is 25.3 Å². The molecule has 0 aromatic carbocycles. The Morgan fingerprint density at radius 2 is 2.00 bits per heavy atom. The molecular weight excluding hydrogens is 190 g/mol. The van der Waals surface area contributed by atoms with Gasteiger partial charge < -0.3 is 10.1 Å². The van der Waals surface area contributed by atoms with Crippen LogP contribution in [0.15, 0.2) is 0 Å². The average Bonchev–Trinajstić information content (AvgIpc) is 2.69. The first-order chi connectivity index (χ1) is 7.24. The van der Waals surface area contributed by atoms with Crippen molar-refractivity contribution in [2.24, 2.45) is 17.8 Å². The molecule has 2 unspecified atom stereocenters. The summed E-state index contributed by atoms with van der Waals surface area (Å²) in [5.74, 6) is 1.18. The Labute approximate surface area is 92.6 Å². The number of hydrogen-bond acceptors (Lipinski definition) is 3. The highest BCUT2D eigenvalue weighted by Gasteiger charge is 2.37. The lowest BCUT2D eigenvalue weighted by Gasteiger charge is -2.24. The van der Waals surface area contributed by atoms with Crippen LogP contribution in [0.1, 0.15) is 33.6 Å².